The summed E-state index contributed by atoms with van der Waals surface area (Å²) in [5.74, 6) is 5.30. The molecule has 0 saturated heterocycles. The van der Waals surface area contributed by atoms with Crippen molar-refractivity contribution in [3.8, 4) is 0 Å². The van der Waals surface area contributed by atoms with Gasteiger partial charge in [0.1, 0.15) is 6.10 Å². The first-order valence-corrected chi connectivity index (χ1v) is 20.9. The number of fused-ring (bicyclic) bond motifs is 5. The molecule has 0 aromatic carbocycles. The van der Waals surface area contributed by atoms with Crippen LogP contribution in [0.5, 0.6) is 0 Å². The fourth-order valence-electron chi connectivity index (χ4n) is 11.1. The van der Waals surface area contributed by atoms with Crippen molar-refractivity contribution in [2.45, 2.75) is 195 Å². The van der Waals surface area contributed by atoms with Gasteiger partial charge in [-0.25, -0.2) is 0 Å². The second-order valence-corrected chi connectivity index (χ2v) is 17.6. The Balaban J connectivity index is 1.13. The molecule has 0 aliphatic heterocycles. The van der Waals surface area contributed by atoms with Crippen LogP contribution in [-0.4, -0.2) is 12.1 Å². The second-order valence-electron chi connectivity index (χ2n) is 17.6. The highest BCUT2D eigenvalue weighted by molar-refractivity contribution is 5.69. The number of rotatable bonds is 20. The summed E-state index contributed by atoms with van der Waals surface area (Å²) in [6.45, 7) is 14.9. The molecule has 0 unspecified atom stereocenters. The van der Waals surface area contributed by atoms with E-state index < -0.39 is 0 Å². The van der Waals surface area contributed by atoms with Gasteiger partial charge in [0.05, 0.1) is 0 Å². The molecule has 268 valence electrons. The van der Waals surface area contributed by atoms with Gasteiger partial charge in [-0.1, -0.05) is 129 Å². The van der Waals surface area contributed by atoms with Crippen LogP contribution in [0.4, 0.5) is 0 Å². The quantitative estimate of drug-likeness (QED) is 0.0746. The van der Waals surface area contributed by atoms with E-state index in [0.29, 0.717) is 17.3 Å². The summed E-state index contributed by atoms with van der Waals surface area (Å²) in [5, 5.41) is 0. The maximum atomic E-state index is 12.8. The van der Waals surface area contributed by atoms with Crippen LogP contribution in [0, 0.1) is 46.3 Å². The van der Waals surface area contributed by atoms with Crippen LogP contribution in [0.15, 0.2) is 36.0 Å². The third kappa shape index (κ3) is 10.6. The van der Waals surface area contributed by atoms with Gasteiger partial charge in [0, 0.05) is 12.8 Å². The normalized spacial score (nSPS) is 32.7. The Morgan fingerprint density at radius 3 is 2.30 bits per heavy atom. The third-order valence-corrected chi connectivity index (χ3v) is 13.9. The standard InChI is InChI=1S/C45H76O2/c1-7-8-9-10-11-12-13-14-15-16-17-18-19-20-21-25-43(46)47-38-30-32-44(5)37(34-38)26-27-39-41-29-28-40(36(4)24-22-23-35(2)3)45(41,6)33-31-42(39)44/h11-12,14-15,26,35-36,38-42H,7-10,13,16-25,27-34H2,1-6H3/t36-,38+,39+,40-,41+,42+,44+,45-/m1/s1. The van der Waals surface area contributed by atoms with Gasteiger partial charge in [0.25, 0.3) is 0 Å². The van der Waals surface area contributed by atoms with Crippen LogP contribution >= 0.6 is 0 Å². The Morgan fingerprint density at radius 1 is 0.830 bits per heavy atom. The zero-order valence-electron chi connectivity index (χ0n) is 32.0. The van der Waals surface area contributed by atoms with Crippen molar-refractivity contribution in [2.75, 3.05) is 0 Å². The van der Waals surface area contributed by atoms with E-state index in [1.54, 1.807) is 5.57 Å². The van der Waals surface area contributed by atoms with Crippen LogP contribution in [0.1, 0.15) is 189 Å². The molecule has 0 heterocycles. The van der Waals surface area contributed by atoms with E-state index in [9.17, 15) is 4.79 Å². The van der Waals surface area contributed by atoms with Gasteiger partial charge in [-0.15, -0.1) is 0 Å². The molecule has 0 radical (unpaired) electrons. The molecule has 4 aliphatic rings. The lowest BCUT2D eigenvalue weighted by atomic mass is 9.47. The van der Waals surface area contributed by atoms with E-state index in [2.05, 4.69) is 71.9 Å². The van der Waals surface area contributed by atoms with Crippen molar-refractivity contribution in [3.05, 3.63) is 36.0 Å². The summed E-state index contributed by atoms with van der Waals surface area (Å²) >= 11 is 0. The second kappa shape index (κ2) is 19.2. The van der Waals surface area contributed by atoms with Crippen molar-refractivity contribution in [1.82, 2.24) is 0 Å². The third-order valence-electron chi connectivity index (χ3n) is 13.9. The zero-order valence-corrected chi connectivity index (χ0v) is 32.0. The fraction of sp³-hybridized carbons (Fsp3) is 0.844. The average Bonchev–Trinajstić information content (AvgIpc) is 3.40. The minimum atomic E-state index is 0.0477. The van der Waals surface area contributed by atoms with Crippen molar-refractivity contribution >= 4 is 5.97 Å². The number of carbonyl (C=O) groups is 1. The molecule has 0 aromatic rings. The number of hydrogen-bond acceptors (Lipinski definition) is 2. The molecule has 4 rings (SSSR count). The van der Waals surface area contributed by atoms with Gasteiger partial charge in [0.2, 0.25) is 0 Å². The van der Waals surface area contributed by atoms with Crippen LogP contribution in [-0.2, 0) is 9.53 Å². The van der Waals surface area contributed by atoms with Crippen molar-refractivity contribution in [1.29, 1.82) is 0 Å². The molecule has 3 saturated carbocycles. The molecule has 3 fully saturated rings. The monoisotopic (exact) mass is 649 g/mol. The highest BCUT2D eigenvalue weighted by Gasteiger charge is 2.59. The lowest BCUT2D eigenvalue weighted by Crippen LogP contribution is -2.51. The topological polar surface area (TPSA) is 26.3 Å². The van der Waals surface area contributed by atoms with Gasteiger partial charge < -0.3 is 4.74 Å². The summed E-state index contributed by atoms with van der Waals surface area (Å²) in [7, 11) is 0. The summed E-state index contributed by atoms with van der Waals surface area (Å²) in [5.41, 5.74) is 2.52. The minimum absolute atomic E-state index is 0.0477. The van der Waals surface area contributed by atoms with Gasteiger partial charge in [-0.05, 0) is 130 Å². The Bertz CT molecular complexity index is 1020. The van der Waals surface area contributed by atoms with Crippen LogP contribution in [0.25, 0.3) is 0 Å². The van der Waals surface area contributed by atoms with Crippen LogP contribution in [0.3, 0.4) is 0 Å². The number of allylic oxidation sites excluding steroid dienone is 5. The van der Waals surface area contributed by atoms with E-state index >= 15 is 0 Å². The largest absolute Gasteiger partial charge is 0.462 e. The Hall–Kier alpha value is -1.31. The molecule has 4 aliphatic carbocycles. The fourth-order valence-corrected chi connectivity index (χ4v) is 11.1. The first-order chi connectivity index (χ1) is 22.7. The molecule has 0 N–H and O–H groups in total. The van der Waals surface area contributed by atoms with Crippen LogP contribution < -0.4 is 0 Å². The first kappa shape index (κ1) is 38.5. The Morgan fingerprint density at radius 2 is 1.55 bits per heavy atom. The van der Waals surface area contributed by atoms with Crippen molar-refractivity contribution in [3.63, 3.8) is 0 Å². The molecule has 47 heavy (non-hydrogen) atoms. The van der Waals surface area contributed by atoms with E-state index in [-0.39, 0.29) is 12.1 Å². The molecule has 8 atom stereocenters. The number of ether oxygens (including phenoxy) is 1. The minimum Gasteiger partial charge on any atom is -0.462 e. The maximum absolute atomic E-state index is 12.8. The van der Waals surface area contributed by atoms with E-state index in [1.807, 2.05) is 0 Å². The molecular formula is C45H76O2. The number of unbranched alkanes of at least 4 members (excludes halogenated alkanes) is 8. The van der Waals surface area contributed by atoms with Crippen molar-refractivity contribution < 1.29 is 9.53 Å². The zero-order chi connectivity index (χ0) is 33.7. The van der Waals surface area contributed by atoms with Gasteiger partial charge in [-0.2, -0.15) is 0 Å². The molecule has 0 aromatic heterocycles. The SMILES string of the molecule is CCCCCC=CCC=CCCCCCCCC(=O)O[C@H]1CC[C@@]2(C)C(=CC[C@H]3[C@@H]4CC[C@H]([C@H](C)CCCC(C)C)[C@@]4(C)CC[C@@H]32)C1. The highest BCUT2D eigenvalue weighted by Crippen LogP contribution is 2.67. The predicted molar refractivity (Wildman–Crippen MR) is 202 cm³/mol. The maximum Gasteiger partial charge on any atom is 0.306 e. The Kier molecular flexibility index (Phi) is 15.7. The summed E-state index contributed by atoms with van der Waals surface area (Å²) < 4.78 is 6.12. The van der Waals surface area contributed by atoms with Crippen molar-refractivity contribution in [2.24, 2.45) is 46.3 Å². The smallest absolute Gasteiger partial charge is 0.306 e. The molecule has 0 amide bonds. The lowest BCUT2D eigenvalue weighted by molar-refractivity contribution is -0.151. The number of carbonyl (C=O) groups excluding carboxylic acids is 1. The average molecular weight is 649 g/mol. The molecular weight excluding hydrogens is 572 g/mol. The van der Waals surface area contributed by atoms with Gasteiger partial charge >= 0.3 is 5.97 Å². The summed E-state index contributed by atoms with van der Waals surface area (Å²) in [4.78, 5) is 12.8. The van der Waals surface area contributed by atoms with Gasteiger partial charge in [0.15, 0.2) is 0 Å². The number of hydrogen-bond donors (Lipinski definition) is 0. The lowest BCUT2D eigenvalue weighted by Gasteiger charge is -2.58. The first-order valence-electron chi connectivity index (χ1n) is 20.9. The van der Waals surface area contributed by atoms with E-state index in [1.165, 1.54) is 109 Å². The molecule has 2 nitrogen and oxygen atoms in total. The summed E-state index contributed by atoms with van der Waals surface area (Å²) in [6.07, 6.45) is 40.5. The number of esters is 1. The summed E-state index contributed by atoms with van der Waals surface area (Å²) in [6, 6.07) is 0. The van der Waals surface area contributed by atoms with Gasteiger partial charge in [-0.3, -0.25) is 4.79 Å². The Labute approximate surface area is 292 Å². The van der Waals surface area contributed by atoms with Crippen LogP contribution in [0.2, 0.25) is 0 Å². The van der Waals surface area contributed by atoms with E-state index in [0.717, 1.165) is 67.6 Å². The highest BCUT2D eigenvalue weighted by atomic mass is 16.5. The molecule has 0 bridgehead atoms. The predicted octanol–water partition coefficient (Wildman–Crippen LogP) is 13.8. The van der Waals surface area contributed by atoms with E-state index in [4.69, 9.17) is 4.74 Å². The molecule has 0 spiro atoms. The molecule has 2 heteroatoms.